The summed E-state index contributed by atoms with van der Waals surface area (Å²) >= 11 is 6.09. The minimum absolute atomic E-state index is 0.0124. The molecule has 9 heteroatoms. The third-order valence-corrected chi connectivity index (χ3v) is 4.09. The van der Waals surface area contributed by atoms with Gasteiger partial charge in [0.15, 0.2) is 5.65 Å². The summed E-state index contributed by atoms with van der Waals surface area (Å²) in [6.07, 6.45) is -0.194. The van der Waals surface area contributed by atoms with Gasteiger partial charge in [-0.1, -0.05) is 11.6 Å². The average molecular weight is 395 g/mol. The number of imidazole rings is 1. The molecule has 27 heavy (non-hydrogen) atoms. The molecule has 0 saturated heterocycles. The molecule has 0 spiro atoms. The molecule has 2 heterocycles. The molecule has 2 N–H and O–H groups in total. The quantitative estimate of drug-likeness (QED) is 0.660. The number of fused-ring (bicyclic) bond motifs is 1. The molecule has 1 aromatic carbocycles. The van der Waals surface area contributed by atoms with E-state index in [9.17, 15) is 18.7 Å². The van der Waals surface area contributed by atoms with Crippen LogP contribution in [0.1, 0.15) is 25.8 Å². The zero-order valence-corrected chi connectivity index (χ0v) is 15.6. The van der Waals surface area contributed by atoms with Gasteiger partial charge in [-0.3, -0.25) is 14.7 Å². The molecule has 0 aliphatic heterocycles. The Morgan fingerprint density at radius 1 is 1.22 bits per heavy atom. The molecule has 0 saturated carbocycles. The number of carbonyl (C=O) groups is 1. The van der Waals surface area contributed by atoms with Crippen LogP contribution in [0.4, 0.5) is 14.7 Å². The lowest BCUT2D eigenvalue weighted by molar-refractivity contribution is -0.119. The van der Waals surface area contributed by atoms with E-state index >= 15 is 0 Å². The fourth-order valence-corrected chi connectivity index (χ4v) is 2.77. The van der Waals surface area contributed by atoms with E-state index in [2.05, 4.69) is 15.3 Å². The summed E-state index contributed by atoms with van der Waals surface area (Å²) in [6.45, 7) is 4.71. The van der Waals surface area contributed by atoms with Gasteiger partial charge in [0.2, 0.25) is 11.9 Å². The van der Waals surface area contributed by atoms with Crippen molar-refractivity contribution in [2.45, 2.75) is 32.8 Å². The summed E-state index contributed by atoms with van der Waals surface area (Å²) < 4.78 is 28.8. The number of hydrogen-bond acceptors (Lipinski definition) is 4. The van der Waals surface area contributed by atoms with Crippen molar-refractivity contribution in [3.63, 3.8) is 0 Å². The predicted molar refractivity (Wildman–Crippen MR) is 98.1 cm³/mol. The third kappa shape index (κ3) is 4.23. The molecule has 142 valence electrons. The van der Waals surface area contributed by atoms with Crippen LogP contribution in [0.5, 0.6) is 0 Å². The summed E-state index contributed by atoms with van der Waals surface area (Å²) in [5.41, 5.74) is 0.133. The van der Waals surface area contributed by atoms with Gasteiger partial charge in [0.05, 0.1) is 17.7 Å². The van der Waals surface area contributed by atoms with Gasteiger partial charge in [0.1, 0.15) is 22.3 Å². The SMILES string of the molecule is Cc1cc2nc(NC(=O)CC(C)(C)O)n(-c3cc(F)cc(F)c3)c2nc1Cl. The Kier molecular flexibility index (Phi) is 4.88. The fraction of sp³-hybridized carbons (Fsp3) is 0.278. The molecule has 0 bridgehead atoms. The van der Waals surface area contributed by atoms with E-state index in [1.807, 2.05) is 0 Å². The van der Waals surface area contributed by atoms with Crippen molar-refractivity contribution in [1.29, 1.82) is 0 Å². The Morgan fingerprint density at radius 2 is 1.85 bits per heavy atom. The molecule has 0 aliphatic carbocycles. The highest BCUT2D eigenvalue weighted by molar-refractivity contribution is 6.30. The van der Waals surface area contributed by atoms with Crippen molar-refractivity contribution < 1.29 is 18.7 Å². The summed E-state index contributed by atoms with van der Waals surface area (Å²) in [5.74, 6) is -2.09. The molecular formula is C18H17ClF2N4O2. The van der Waals surface area contributed by atoms with E-state index in [1.54, 1.807) is 13.0 Å². The zero-order chi connectivity index (χ0) is 19.9. The standard InChI is InChI=1S/C18H17ClF2N4O2/c1-9-4-13-16(24-15(9)19)25(12-6-10(20)5-11(21)7-12)17(22-13)23-14(26)8-18(2,3)27/h4-7,27H,8H2,1-3H3,(H,22,23,26). The highest BCUT2D eigenvalue weighted by atomic mass is 35.5. The van der Waals surface area contributed by atoms with E-state index in [0.29, 0.717) is 11.1 Å². The van der Waals surface area contributed by atoms with Crippen LogP contribution in [0, 0.1) is 18.6 Å². The van der Waals surface area contributed by atoms with Crippen LogP contribution < -0.4 is 5.32 Å². The number of aromatic nitrogens is 3. The molecular weight excluding hydrogens is 378 g/mol. The molecule has 1 amide bonds. The average Bonchev–Trinajstić information content (AvgIpc) is 2.81. The second-order valence-corrected chi connectivity index (χ2v) is 7.23. The Labute approximate surface area is 158 Å². The summed E-state index contributed by atoms with van der Waals surface area (Å²) in [7, 11) is 0. The van der Waals surface area contributed by atoms with Crippen LogP contribution in [0.2, 0.25) is 5.15 Å². The highest BCUT2D eigenvalue weighted by Gasteiger charge is 2.22. The van der Waals surface area contributed by atoms with E-state index in [1.165, 1.54) is 18.4 Å². The molecule has 6 nitrogen and oxygen atoms in total. The summed E-state index contributed by atoms with van der Waals surface area (Å²) in [6, 6.07) is 4.57. The van der Waals surface area contributed by atoms with Gasteiger partial charge in [-0.05, 0) is 44.5 Å². The van der Waals surface area contributed by atoms with E-state index in [-0.39, 0.29) is 28.9 Å². The first-order chi connectivity index (χ1) is 12.5. The molecule has 3 aromatic rings. The van der Waals surface area contributed by atoms with Crippen molar-refractivity contribution in [3.8, 4) is 5.69 Å². The van der Waals surface area contributed by atoms with Gasteiger partial charge in [0.25, 0.3) is 0 Å². The zero-order valence-electron chi connectivity index (χ0n) is 14.8. The van der Waals surface area contributed by atoms with Gasteiger partial charge < -0.3 is 5.11 Å². The smallest absolute Gasteiger partial charge is 0.229 e. The predicted octanol–water partition coefficient (Wildman–Crippen LogP) is 3.76. The highest BCUT2D eigenvalue weighted by Crippen LogP contribution is 2.28. The van der Waals surface area contributed by atoms with E-state index in [4.69, 9.17) is 11.6 Å². The van der Waals surface area contributed by atoms with Crippen molar-refractivity contribution in [2.75, 3.05) is 5.32 Å². The van der Waals surface area contributed by atoms with Crippen molar-refractivity contribution in [3.05, 3.63) is 46.6 Å². The van der Waals surface area contributed by atoms with Gasteiger partial charge in [-0.2, -0.15) is 0 Å². The fourth-order valence-electron chi connectivity index (χ4n) is 2.64. The van der Waals surface area contributed by atoms with Gasteiger partial charge in [0, 0.05) is 6.07 Å². The Hall–Kier alpha value is -2.58. The van der Waals surface area contributed by atoms with Crippen LogP contribution in [0.3, 0.4) is 0 Å². The van der Waals surface area contributed by atoms with Crippen LogP contribution in [-0.4, -0.2) is 31.1 Å². The van der Waals surface area contributed by atoms with E-state index < -0.39 is 23.1 Å². The molecule has 0 atom stereocenters. The maximum Gasteiger partial charge on any atom is 0.229 e. The van der Waals surface area contributed by atoms with E-state index in [0.717, 1.165) is 18.2 Å². The molecule has 0 aliphatic rings. The number of pyridine rings is 1. The summed E-state index contributed by atoms with van der Waals surface area (Å²) in [5, 5.41) is 12.6. The van der Waals surface area contributed by atoms with Crippen LogP contribution >= 0.6 is 11.6 Å². The number of nitrogens with zero attached hydrogens (tertiary/aromatic N) is 3. The Morgan fingerprint density at radius 3 is 2.44 bits per heavy atom. The first kappa shape index (κ1) is 19.2. The number of nitrogens with one attached hydrogen (secondary N) is 1. The van der Waals surface area contributed by atoms with Crippen molar-refractivity contribution in [2.24, 2.45) is 0 Å². The van der Waals surface area contributed by atoms with Crippen LogP contribution in [0.15, 0.2) is 24.3 Å². The van der Waals surface area contributed by atoms with Crippen LogP contribution in [-0.2, 0) is 4.79 Å². The second kappa shape index (κ2) is 6.86. The first-order valence-corrected chi connectivity index (χ1v) is 8.45. The maximum absolute atomic E-state index is 13.7. The largest absolute Gasteiger partial charge is 0.390 e. The second-order valence-electron chi connectivity index (χ2n) is 6.87. The monoisotopic (exact) mass is 394 g/mol. The summed E-state index contributed by atoms with van der Waals surface area (Å²) in [4.78, 5) is 20.8. The molecule has 0 unspecified atom stereocenters. The topological polar surface area (TPSA) is 80.0 Å². The minimum Gasteiger partial charge on any atom is -0.390 e. The number of amides is 1. The molecule has 3 rings (SSSR count). The number of aliphatic hydroxyl groups is 1. The number of hydrogen-bond donors (Lipinski definition) is 2. The van der Waals surface area contributed by atoms with Crippen LogP contribution in [0.25, 0.3) is 16.9 Å². The number of carbonyl (C=O) groups excluding carboxylic acids is 1. The normalized spacial score (nSPS) is 11.8. The first-order valence-electron chi connectivity index (χ1n) is 8.08. The number of anilines is 1. The third-order valence-electron chi connectivity index (χ3n) is 3.71. The van der Waals surface area contributed by atoms with Gasteiger partial charge in [-0.15, -0.1) is 0 Å². The van der Waals surface area contributed by atoms with Crippen molar-refractivity contribution in [1.82, 2.24) is 14.5 Å². The van der Waals surface area contributed by atoms with Gasteiger partial charge in [-0.25, -0.2) is 18.7 Å². The number of rotatable bonds is 4. The van der Waals surface area contributed by atoms with Crippen molar-refractivity contribution >= 4 is 34.6 Å². The number of halogens is 3. The Balaban J connectivity index is 2.18. The lowest BCUT2D eigenvalue weighted by Gasteiger charge is -2.16. The van der Waals surface area contributed by atoms with Gasteiger partial charge >= 0.3 is 0 Å². The number of aryl methyl sites for hydroxylation is 1. The lowest BCUT2D eigenvalue weighted by Crippen LogP contribution is -2.28. The minimum atomic E-state index is -1.23. The lowest BCUT2D eigenvalue weighted by atomic mass is 10.1. The molecule has 0 radical (unpaired) electrons. The molecule has 0 fully saturated rings. The number of benzene rings is 1. The molecule has 2 aromatic heterocycles. The maximum atomic E-state index is 13.7. The Bertz CT molecular complexity index is 1020.